The average Bonchev–Trinajstić information content (AvgIpc) is 3.01. The van der Waals surface area contributed by atoms with Gasteiger partial charge in [-0.25, -0.2) is 13.1 Å². The zero-order valence-corrected chi connectivity index (χ0v) is 15.0. The third-order valence-corrected chi connectivity index (χ3v) is 5.70. The first-order chi connectivity index (χ1) is 11.3. The van der Waals surface area contributed by atoms with Crippen molar-refractivity contribution in [3.8, 4) is 0 Å². The maximum absolute atomic E-state index is 12.5. The van der Waals surface area contributed by atoms with Crippen LogP contribution in [-0.2, 0) is 10.0 Å². The number of nitrogens with one attached hydrogen (secondary N) is 2. The highest BCUT2D eigenvalue weighted by Crippen LogP contribution is 2.23. The Kier molecular flexibility index (Phi) is 6.15. The van der Waals surface area contributed by atoms with Crippen LogP contribution in [-0.4, -0.2) is 51.9 Å². The normalized spacial score (nSPS) is 21.0. The van der Waals surface area contributed by atoms with Crippen molar-refractivity contribution in [1.29, 1.82) is 0 Å². The standard InChI is InChI=1S/C17H25N3O3S/c1-4-11-18-24(22,23)14-8-5-7-13(12-14)17(21)19-15-9-6-10-16(15)20(2)3/h4-5,7-8,12,15-16,18H,1,6,9-11H2,2-3H3,(H,19,21)/t15-,16+/m0/s1. The van der Waals surface area contributed by atoms with Gasteiger partial charge in [-0.05, 0) is 51.6 Å². The van der Waals surface area contributed by atoms with Gasteiger partial charge in [0.15, 0.2) is 0 Å². The summed E-state index contributed by atoms with van der Waals surface area (Å²) in [5.74, 6) is -0.241. The maximum atomic E-state index is 12.5. The summed E-state index contributed by atoms with van der Waals surface area (Å²) >= 11 is 0. The first-order valence-corrected chi connectivity index (χ1v) is 9.51. The van der Waals surface area contributed by atoms with Crippen molar-refractivity contribution >= 4 is 15.9 Å². The highest BCUT2D eigenvalue weighted by molar-refractivity contribution is 7.89. The molecule has 7 heteroatoms. The van der Waals surface area contributed by atoms with Crippen LogP contribution in [0.25, 0.3) is 0 Å². The van der Waals surface area contributed by atoms with E-state index in [2.05, 4.69) is 21.5 Å². The summed E-state index contributed by atoms with van der Waals surface area (Å²) in [6.07, 6.45) is 4.54. The Morgan fingerprint density at radius 2 is 2.12 bits per heavy atom. The Morgan fingerprint density at radius 1 is 1.38 bits per heavy atom. The fraction of sp³-hybridized carbons (Fsp3) is 0.471. The van der Waals surface area contributed by atoms with Crippen LogP contribution in [0.5, 0.6) is 0 Å². The Labute approximate surface area is 144 Å². The molecule has 0 spiro atoms. The molecule has 0 radical (unpaired) electrons. The molecule has 0 bridgehead atoms. The van der Waals surface area contributed by atoms with E-state index in [4.69, 9.17) is 0 Å². The smallest absolute Gasteiger partial charge is 0.251 e. The molecule has 0 saturated heterocycles. The average molecular weight is 351 g/mol. The molecule has 2 rings (SSSR count). The van der Waals surface area contributed by atoms with Gasteiger partial charge in [-0.2, -0.15) is 0 Å². The number of likely N-dealkylation sites (N-methyl/N-ethyl adjacent to an activating group) is 1. The second kappa shape index (κ2) is 7.92. The third-order valence-electron chi connectivity index (χ3n) is 4.28. The van der Waals surface area contributed by atoms with Gasteiger partial charge in [0.05, 0.1) is 4.90 Å². The van der Waals surface area contributed by atoms with Crippen molar-refractivity contribution < 1.29 is 13.2 Å². The van der Waals surface area contributed by atoms with Crippen molar-refractivity contribution in [2.24, 2.45) is 0 Å². The number of nitrogens with zero attached hydrogens (tertiary/aromatic N) is 1. The molecule has 1 saturated carbocycles. The van der Waals surface area contributed by atoms with Crippen LogP contribution in [0.4, 0.5) is 0 Å². The number of carbonyl (C=O) groups excluding carboxylic acids is 1. The largest absolute Gasteiger partial charge is 0.348 e. The number of hydrogen-bond acceptors (Lipinski definition) is 4. The number of rotatable bonds is 7. The molecule has 24 heavy (non-hydrogen) atoms. The lowest BCUT2D eigenvalue weighted by Crippen LogP contribution is -2.46. The van der Waals surface area contributed by atoms with Crippen molar-refractivity contribution in [2.75, 3.05) is 20.6 Å². The fourth-order valence-corrected chi connectivity index (χ4v) is 4.08. The summed E-state index contributed by atoms with van der Waals surface area (Å²) in [6.45, 7) is 3.63. The van der Waals surface area contributed by atoms with Crippen LogP contribution in [0.1, 0.15) is 29.6 Å². The van der Waals surface area contributed by atoms with Crippen molar-refractivity contribution in [2.45, 2.75) is 36.2 Å². The molecular formula is C17H25N3O3S. The van der Waals surface area contributed by atoms with Crippen LogP contribution in [0.15, 0.2) is 41.8 Å². The summed E-state index contributed by atoms with van der Waals surface area (Å²) in [7, 11) is 0.376. The van der Waals surface area contributed by atoms with Gasteiger partial charge in [-0.3, -0.25) is 4.79 Å². The molecule has 1 aliphatic carbocycles. The predicted octanol–water partition coefficient (Wildman–Crippen LogP) is 1.36. The summed E-state index contributed by atoms with van der Waals surface area (Å²) in [4.78, 5) is 14.7. The van der Waals surface area contributed by atoms with Crippen LogP contribution < -0.4 is 10.0 Å². The Morgan fingerprint density at radius 3 is 2.79 bits per heavy atom. The van der Waals surface area contributed by atoms with Gasteiger partial charge in [-0.15, -0.1) is 6.58 Å². The summed E-state index contributed by atoms with van der Waals surface area (Å²) in [5.41, 5.74) is 0.348. The van der Waals surface area contributed by atoms with Gasteiger partial charge in [0.25, 0.3) is 5.91 Å². The quantitative estimate of drug-likeness (QED) is 0.727. The lowest BCUT2D eigenvalue weighted by atomic mass is 10.1. The molecule has 1 aromatic rings. The van der Waals surface area contributed by atoms with E-state index in [1.807, 2.05) is 14.1 Å². The van der Waals surface area contributed by atoms with E-state index in [1.54, 1.807) is 12.1 Å². The minimum Gasteiger partial charge on any atom is -0.348 e. The fourth-order valence-electron chi connectivity index (χ4n) is 3.04. The molecule has 0 aliphatic heterocycles. The molecule has 6 nitrogen and oxygen atoms in total. The van der Waals surface area contributed by atoms with Gasteiger partial charge in [0.1, 0.15) is 0 Å². The molecule has 2 N–H and O–H groups in total. The highest BCUT2D eigenvalue weighted by atomic mass is 32.2. The van der Waals surface area contributed by atoms with Gasteiger partial charge in [-0.1, -0.05) is 12.1 Å². The SMILES string of the molecule is C=CCNS(=O)(=O)c1cccc(C(=O)N[C@H]2CCC[C@H]2N(C)C)c1. The minimum absolute atomic E-state index is 0.0765. The Balaban J connectivity index is 2.13. The number of sulfonamides is 1. The topological polar surface area (TPSA) is 78.5 Å². The van der Waals surface area contributed by atoms with Crippen molar-refractivity contribution in [3.05, 3.63) is 42.5 Å². The number of carbonyl (C=O) groups is 1. The molecule has 0 unspecified atom stereocenters. The van der Waals surface area contributed by atoms with E-state index in [-0.39, 0.29) is 23.4 Å². The van der Waals surface area contributed by atoms with Crippen LogP contribution in [0, 0.1) is 0 Å². The maximum Gasteiger partial charge on any atom is 0.251 e. The Bertz CT molecular complexity index is 701. The molecule has 1 amide bonds. The van der Waals surface area contributed by atoms with E-state index in [0.29, 0.717) is 11.6 Å². The van der Waals surface area contributed by atoms with Gasteiger partial charge in [0, 0.05) is 24.2 Å². The second-order valence-electron chi connectivity index (χ2n) is 6.21. The minimum atomic E-state index is -3.64. The lowest BCUT2D eigenvalue weighted by Gasteiger charge is -2.27. The van der Waals surface area contributed by atoms with Gasteiger partial charge in [0.2, 0.25) is 10.0 Å². The van der Waals surface area contributed by atoms with Crippen LogP contribution in [0.2, 0.25) is 0 Å². The number of hydrogen-bond donors (Lipinski definition) is 2. The molecule has 0 aromatic heterocycles. The zero-order valence-electron chi connectivity index (χ0n) is 14.2. The molecule has 0 heterocycles. The molecule has 132 valence electrons. The lowest BCUT2D eigenvalue weighted by molar-refractivity contribution is 0.0919. The first kappa shape index (κ1) is 18.6. The van der Waals surface area contributed by atoms with E-state index in [9.17, 15) is 13.2 Å². The van der Waals surface area contributed by atoms with Crippen LogP contribution >= 0.6 is 0 Å². The summed E-state index contributed by atoms with van der Waals surface area (Å²) in [5, 5.41) is 3.04. The van der Waals surface area contributed by atoms with Crippen molar-refractivity contribution in [3.63, 3.8) is 0 Å². The molecule has 1 aromatic carbocycles. The van der Waals surface area contributed by atoms with E-state index >= 15 is 0 Å². The third kappa shape index (κ3) is 4.43. The molecule has 2 atom stereocenters. The number of amides is 1. The second-order valence-corrected chi connectivity index (χ2v) is 7.98. The summed E-state index contributed by atoms with van der Waals surface area (Å²) in [6, 6.07) is 6.49. The summed E-state index contributed by atoms with van der Waals surface area (Å²) < 4.78 is 26.7. The van der Waals surface area contributed by atoms with Gasteiger partial charge >= 0.3 is 0 Å². The van der Waals surface area contributed by atoms with E-state index < -0.39 is 10.0 Å². The predicted molar refractivity (Wildman–Crippen MR) is 94.4 cm³/mol. The molecular weight excluding hydrogens is 326 g/mol. The Hall–Kier alpha value is -1.70. The molecule has 1 fully saturated rings. The van der Waals surface area contributed by atoms with Crippen LogP contribution in [0.3, 0.4) is 0 Å². The van der Waals surface area contributed by atoms with Crippen molar-refractivity contribution in [1.82, 2.24) is 14.9 Å². The van der Waals surface area contributed by atoms with Gasteiger partial charge < -0.3 is 10.2 Å². The van der Waals surface area contributed by atoms with E-state index in [0.717, 1.165) is 19.3 Å². The number of benzene rings is 1. The van der Waals surface area contributed by atoms with E-state index in [1.165, 1.54) is 18.2 Å². The first-order valence-electron chi connectivity index (χ1n) is 8.03. The monoisotopic (exact) mass is 351 g/mol. The highest BCUT2D eigenvalue weighted by Gasteiger charge is 2.30. The zero-order chi connectivity index (χ0) is 17.7. The molecule has 1 aliphatic rings.